The number of hydrogen-bond acceptors (Lipinski definition) is 5. The minimum Gasteiger partial charge on any atom is -0.494 e. The third kappa shape index (κ3) is 6.24. The Kier molecular flexibility index (Phi) is 8.82. The van der Waals surface area contributed by atoms with Crippen LogP contribution in [-0.2, 0) is 33.0 Å². The Morgan fingerprint density at radius 1 is 1.03 bits per heavy atom. The molecular formula is C29H33ClO5. The van der Waals surface area contributed by atoms with Gasteiger partial charge in [0.15, 0.2) is 5.79 Å². The molecule has 1 heterocycles. The first-order chi connectivity index (χ1) is 17.1. The third-order valence-corrected chi connectivity index (χ3v) is 6.81. The summed E-state index contributed by atoms with van der Waals surface area (Å²) in [6, 6.07) is 23.9. The number of hydrogen-bond donors (Lipinski definition) is 1. The van der Waals surface area contributed by atoms with Gasteiger partial charge in [0, 0.05) is 24.1 Å². The lowest BCUT2D eigenvalue weighted by Crippen LogP contribution is -2.49. The Bertz CT molecular complexity index is 1070. The summed E-state index contributed by atoms with van der Waals surface area (Å²) in [6.07, 6.45) is 1.24. The molecule has 4 rings (SSSR count). The number of rotatable bonds is 10. The van der Waals surface area contributed by atoms with Gasteiger partial charge in [-0.05, 0) is 60.7 Å². The molecule has 1 aliphatic rings. The predicted octanol–water partition coefficient (Wildman–Crippen LogP) is 5.89. The second kappa shape index (κ2) is 12.0. The highest BCUT2D eigenvalue weighted by molar-refractivity contribution is 6.31. The van der Waals surface area contributed by atoms with E-state index < -0.39 is 11.9 Å². The van der Waals surface area contributed by atoms with Crippen molar-refractivity contribution < 1.29 is 24.1 Å². The molecule has 0 amide bonds. The maximum Gasteiger partial charge on any atom is 0.195 e. The smallest absolute Gasteiger partial charge is 0.195 e. The average Bonchev–Trinajstić information content (AvgIpc) is 2.90. The van der Waals surface area contributed by atoms with Gasteiger partial charge in [0.25, 0.3) is 0 Å². The molecule has 0 aliphatic carbocycles. The van der Waals surface area contributed by atoms with Crippen molar-refractivity contribution in [1.82, 2.24) is 0 Å². The van der Waals surface area contributed by atoms with Crippen LogP contribution in [0.25, 0.3) is 0 Å². The summed E-state index contributed by atoms with van der Waals surface area (Å²) < 4.78 is 24.0. The average molecular weight is 497 g/mol. The van der Waals surface area contributed by atoms with Crippen molar-refractivity contribution >= 4 is 11.6 Å². The fraction of sp³-hybridized carbons (Fsp3) is 0.379. The van der Waals surface area contributed by atoms with Crippen LogP contribution in [0.5, 0.6) is 5.75 Å². The zero-order chi connectivity index (χ0) is 24.7. The van der Waals surface area contributed by atoms with E-state index in [-0.39, 0.29) is 12.7 Å². The zero-order valence-corrected chi connectivity index (χ0v) is 21.0. The molecule has 35 heavy (non-hydrogen) atoms. The van der Waals surface area contributed by atoms with E-state index in [0.29, 0.717) is 37.5 Å². The van der Waals surface area contributed by atoms with Gasteiger partial charge in [-0.15, -0.1) is 0 Å². The van der Waals surface area contributed by atoms with Crippen molar-refractivity contribution in [2.75, 3.05) is 20.3 Å². The van der Waals surface area contributed by atoms with Crippen LogP contribution in [0, 0.1) is 0 Å². The van der Waals surface area contributed by atoms with Crippen LogP contribution in [0.1, 0.15) is 42.0 Å². The lowest BCUT2D eigenvalue weighted by molar-refractivity contribution is -0.308. The summed E-state index contributed by atoms with van der Waals surface area (Å²) in [6.45, 7) is 2.92. The van der Waals surface area contributed by atoms with Crippen LogP contribution in [0.2, 0.25) is 5.02 Å². The largest absolute Gasteiger partial charge is 0.494 e. The monoisotopic (exact) mass is 496 g/mol. The first-order valence-electron chi connectivity index (χ1n) is 12.1. The van der Waals surface area contributed by atoms with E-state index in [0.717, 1.165) is 28.0 Å². The van der Waals surface area contributed by atoms with Crippen molar-refractivity contribution in [2.45, 2.75) is 50.8 Å². The van der Waals surface area contributed by atoms with Gasteiger partial charge >= 0.3 is 0 Å². The van der Waals surface area contributed by atoms with Crippen molar-refractivity contribution in [2.24, 2.45) is 0 Å². The molecule has 186 valence electrons. The van der Waals surface area contributed by atoms with E-state index in [2.05, 4.69) is 0 Å². The molecular weight excluding hydrogens is 464 g/mol. The van der Waals surface area contributed by atoms with Crippen LogP contribution in [0.15, 0.2) is 72.8 Å². The molecule has 3 atom stereocenters. The standard InChI is InChI=1S/C29H33ClO5/c1-3-33-25-12-9-21(10-13-25)17-23-18-24(11-14-26(23)30)29(32-2)16-15-27(28(19-31)35-29)34-20-22-7-5-4-6-8-22/h4-14,18,27-28,31H,3,15-17,19-20H2,1-2H3. The molecule has 6 heteroatoms. The van der Waals surface area contributed by atoms with Gasteiger partial charge in [0.2, 0.25) is 0 Å². The molecule has 1 aliphatic heterocycles. The van der Waals surface area contributed by atoms with Crippen LogP contribution in [0.4, 0.5) is 0 Å². The summed E-state index contributed by atoms with van der Waals surface area (Å²) in [4.78, 5) is 0. The Morgan fingerprint density at radius 3 is 2.49 bits per heavy atom. The zero-order valence-electron chi connectivity index (χ0n) is 20.3. The van der Waals surface area contributed by atoms with Gasteiger partial charge < -0.3 is 24.1 Å². The molecule has 0 radical (unpaired) electrons. The molecule has 0 bridgehead atoms. The van der Waals surface area contributed by atoms with Gasteiger partial charge in [-0.25, -0.2) is 0 Å². The summed E-state index contributed by atoms with van der Waals surface area (Å²) in [5.41, 5.74) is 4.08. The molecule has 0 aromatic heterocycles. The molecule has 5 nitrogen and oxygen atoms in total. The summed E-state index contributed by atoms with van der Waals surface area (Å²) in [5.74, 6) is -0.123. The van der Waals surface area contributed by atoms with Crippen molar-refractivity contribution in [3.05, 3.63) is 100 Å². The molecule has 1 N–H and O–H groups in total. The number of ether oxygens (including phenoxy) is 4. The summed E-state index contributed by atoms with van der Waals surface area (Å²) in [7, 11) is 1.64. The van der Waals surface area contributed by atoms with Crippen LogP contribution < -0.4 is 4.74 Å². The minimum atomic E-state index is -0.974. The Balaban J connectivity index is 1.49. The molecule has 1 saturated heterocycles. The molecule has 0 spiro atoms. The van der Waals surface area contributed by atoms with Crippen LogP contribution >= 0.6 is 11.6 Å². The number of halogens is 1. The fourth-order valence-corrected chi connectivity index (χ4v) is 4.72. The lowest BCUT2D eigenvalue weighted by Gasteiger charge is -2.43. The number of aliphatic hydroxyl groups excluding tert-OH is 1. The third-order valence-electron chi connectivity index (χ3n) is 6.45. The van der Waals surface area contributed by atoms with Crippen molar-refractivity contribution in [3.63, 3.8) is 0 Å². The SMILES string of the molecule is CCOc1ccc(Cc2cc(C3(OC)CCC(OCc4ccccc4)C(CO)O3)ccc2Cl)cc1. The van der Waals surface area contributed by atoms with Gasteiger partial charge in [-0.3, -0.25) is 0 Å². The maximum atomic E-state index is 10.1. The second-order valence-corrected chi connectivity index (χ2v) is 9.14. The number of aliphatic hydroxyl groups is 1. The Morgan fingerprint density at radius 2 is 1.80 bits per heavy atom. The Hall–Kier alpha value is -2.41. The molecule has 3 aromatic carbocycles. The predicted molar refractivity (Wildman–Crippen MR) is 137 cm³/mol. The van der Waals surface area contributed by atoms with E-state index in [1.54, 1.807) is 7.11 Å². The molecule has 0 saturated carbocycles. The fourth-order valence-electron chi connectivity index (χ4n) is 4.54. The van der Waals surface area contributed by atoms with E-state index in [1.807, 2.05) is 79.7 Å². The first-order valence-corrected chi connectivity index (χ1v) is 12.4. The normalized spacial score (nSPS) is 22.2. The van der Waals surface area contributed by atoms with Crippen molar-refractivity contribution in [1.29, 1.82) is 0 Å². The summed E-state index contributed by atoms with van der Waals surface area (Å²) in [5, 5.41) is 10.8. The van der Waals surface area contributed by atoms with E-state index >= 15 is 0 Å². The summed E-state index contributed by atoms with van der Waals surface area (Å²) >= 11 is 6.57. The highest BCUT2D eigenvalue weighted by Gasteiger charge is 2.44. The van der Waals surface area contributed by atoms with Gasteiger partial charge in [-0.1, -0.05) is 60.1 Å². The van der Waals surface area contributed by atoms with E-state index in [1.165, 1.54) is 0 Å². The number of methoxy groups -OCH3 is 1. The second-order valence-electron chi connectivity index (χ2n) is 8.73. The quantitative estimate of drug-likeness (QED) is 0.379. The van der Waals surface area contributed by atoms with E-state index in [9.17, 15) is 5.11 Å². The van der Waals surface area contributed by atoms with Gasteiger partial charge in [-0.2, -0.15) is 0 Å². The van der Waals surface area contributed by atoms with Gasteiger partial charge in [0.05, 0.1) is 25.9 Å². The van der Waals surface area contributed by atoms with Crippen molar-refractivity contribution in [3.8, 4) is 5.75 Å². The molecule has 3 aromatic rings. The van der Waals surface area contributed by atoms with Crippen LogP contribution in [-0.4, -0.2) is 37.6 Å². The first kappa shape index (κ1) is 25.7. The highest BCUT2D eigenvalue weighted by atomic mass is 35.5. The van der Waals surface area contributed by atoms with Gasteiger partial charge in [0.1, 0.15) is 11.9 Å². The maximum absolute atomic E-state index is 10.1. The highest BCUT2D eigenvalue weighted by Crippen LogP contribution is 2.41. The lowest BCUT2D eigenvalue weighted by atomic mass is 9.91. The number of benzene rings is 3. The minimum absolute atomic E-state index is 0.156. The molecule has 1 fully saturated rings. The van der Waals surface area contributed by atoms with E-state index in [4.69, 9.17) is 30.5 Å². The van der Waals surface area contributed by atoms with Crippen LogP contribution in [0.3, 0.4) is 0 Å². The topological polar surface area (TPSA) is 57.2 Å². The Labute approximate surface area is 212 Å². The molecule has 3 unspecified atom stereocenters.